The van der Waals surface area contributed by atoms with E-state index in [-0.39, 0.29) is 23.3 Å². The first-order chi connectivity index (χ1) is 9.43. The molecule has 6 nitrogen and oxygen atoms in total. The van der Waals surface area contributed by atoms with Crippen LogP contribution in [0.25, 0.3) is 0 Å². The van der Waals surface area contributed by atoms with Gasteiger partial charge in [0, 0.05) is 33.9 Å². The van der Waals surface area contributed by atoms with Gasteiger partial charge in [0.1, 0.15) is 0 Å². The fourth-order valence-electron chi connectivity index (χ4n) is 1.61. The summed E-state index contributed by atoms with van der Waals surface area (Å²) < 4.78 is 16.5. The van der Waals surface area contributed by atoms with E-state index in [1.807, 2.05) is 0 Å². The van der Waals surface area contributed by atoms with Crippen molar-refractivity contribution in [2.45, 2.75) is 25.0 Å². The minimum Gasteiger partial charge on any atom is -0.469 e. The molecule has 0 aromatic heterocycles. The van der Waals surface area contributed by atoms with Gasteiger partial charge in [0.25, 0.3) is 5.69 Å². The van der Waals surface area contributed by atoms with E-state index in [9.17, 15) is 19.1 Å². The van der Waals surface area contributed by atoms with E-state index < -0.39 is 15.7 Å². The summed E-state index contributed by atoms with van der Waals surface area (Å²) in [6, 6.07) is 6.16. The van der Waals surface area contributed by atoms with Crippen LogP contribution in [-0.2, 0) is 26.8 Å². The molecule has 2 atom stereocenters. The van der Waals surface area contributed by atoms with Crippen LogP contribution in [0.5, 0.6) is 0 Å². The number of nitrogens with zero attached hydrogens (tertiary/aromatic N) is 1. The highest BCUT2D eigenvalue weighted by molar-refractivity contribution is 7.85. The number of hydrogen-bond donors (Lipinski definition) is 0. The zero-order valence-electron chi connectivity index (χ0n) is 11.4. The lowest BCUT2D eigenvalue weighted by Gasteiger charge is -2.09. The lowest BCUT2D eigenvalue weighted by atomic mass is 10.1. The molecule has 0 fully saturated rings. The number of ether oxygens (including phenoxy) is 1. The number of aryl methyl sites for hydroxylation is 1. The molecule has 0 N–H and O–H groups in total. The Morgan fingerprint density at radius 3 is 2.50 bits per heavy atom. The number of benzene rings is 1. The summed E-state index contributed by atoms with van der Waals surface area (Å²) in [7, 11) is 0.164. The van der Waals surface area contributed by atoms with Crippen LogP contribution in [0.15, 0.2) is 24.3 Å². The third-order valence-corrected chi connectivity index (χ3v) is 4.54. The SMILES string of the molecule is COC(=O)CC(C)S(=O)CCc1ccc([N+](=O)[O-])cc1. The lowest BCUT2D eigenvalue weighted by molar-refractivity contribution is -0.384. The number of non-ortho nitro benzene ring substituents is 1. The van der Waals surface area contributed by atoms with E-state index in [4.69, 9.17) is 0 Å². The Balaban J connectivity index is 2.48. The van der Waals surface area contributed by atoms with Crippen LogP contribution >= 0.6 is 0 Å². The summed E-state index contributed by atoms with van der Waals surface area (Å²) >= 11 is 0. The Morgan fingerprint density at radius 1 is 1.40 bits per heavy atom. The summed E-state index contributed by atoms with van der Waals surface area (Å²) in [5, 5.41) is 10.2. The van der Waals surface area contributed by atoms with Crippen molar-refractivity contribution in [2.75, 3.05) is 12.9 Å². The van der Waals surface area contributed by atoms with E-state index in [0.717, 1.165) is 5.56 Å². The van der Waals surface area contributed by atoms with Crippen molar-refractivity contribution >= 4 is 22.5 Å². The summed E-state index contributed by atoms with van der Waals surface area (Å²) in [5.74, 6) is 0.0388. The van der Waals surface area contributed by atoms with Crippen LogP contribution < -0.4 is 0 Å². The van der Waals surface area contributed by atoms with E-state index in [2.05, 4.69) is 4.74 Å². The van der Waals surface area contributed by atoms with E-state index in [1.165, 1.54) is 19.2 Å². The monoisotopic (exact) mass is 299 g/mol. The van der Waals surface area contributed by atoms with Gasteiger partial charge < -0.3 is 4.74 Å². The first-order valence-corrected chi connectivity index (χ1v) is 7.49. The second-order valence-electron chi connectivity index (χ2n) is 4.35. The number of carbonyl (C=O) groups is 1. The molecular weight excluding hydrogens is 282 g/mol. The van der Waals surface area contributed by atoms with Crippen molar-refractivity contribution in [3.63, 3.8) is 0 Å². The van der Waals surface area contributed by atoms with Gasteiger partial charge >= 0.3 is 5.97 Å². The minimum absolute atomic E-state index is 0.0360. The molecule has 0 aliphatic carbocycles. The molecule has 0 saturated carbocycles. The van der Waals surface area contributed by atoms with Crippen LogP contribution in [0, 0.1) is 10.1 Å². The van der Waals surface area contributed by atoms with Crippen LogP contribution in [0.2, 0.25) is 0 Å². The van der Waals surface area contributed by atoms with Crippen LogP contribution in [0.3, 0.4) is 0 Å². The van der Waals surface area contributed by atoms with Crippen molar-refractivity contribution in [3.05, 3.63) is 39.9 Å². The van der Waals surface area contributed by atoms with E-state index >= 15 is 0 Å². The van der Waals surface area contributed by atoms with Crippen LogP contribution in [0.4, 0.5) is 5.69 Å². The predicted molar refractivity (Wildman–Crippen MR) is 75.9 cm³/mol. The van der Waals surface area contributed by atoms with Gasteiger partial charge in [0.05, 0.1) is 18.5 Å². The van der Waals surface area contributed by atoms with E-state index in [0.29, 0.717) is 12.2 Å². The van der Waals surface area contributed by atoms with Crippen LogP contribution in [0.1, 0.15) is 18.9 Å². The molecular formula is C13H17NO5S. The molecule has 0 saturated heterocycles. The number of carbonyl (C=O) groups excluding carboxylic acids is 1. The van der Waals surface area contributed by atoms with Crippen molar-refractivity contribution in [1.29, 1.82) is 0 Å². The second-order valence-corrected chi connectivity index (χ2v) is 6.32. The highest BCUT2D eigenvalue weighted by atomic mass is 32.2. The maximum Gasteiger partial charge on any atom is 0.306 e. The summed E-state index contributed by atoms with van der Waals surface area (Å²) in [4.78, 5) is 21.1. The number of methoxy groups -OCH3 is 1. The van der Waals surface area contributed by atoms with Gasteiger partial charge in [-0.1, -0.05) is 19.1 Å². The van der Waals surface area contributed by atoms with Crippen molar-refractivity contribution in [3.8, 4) is 0 Å². The molecule has 0 aliphatic heterocycles. The predicted octanol–water partition coefficient (Wildman–Crippen LogP) is 1.84. The second kappa shape index (κ2) is 7.74. The molecule has 0 aliphatic rings. The zero-order valence-corrected chi connectivity index (χ0v) is 12.2. The number of esters is 1. The fourth-order valence-corrected chi connectivity index (χ4v) is 2.78. The largest absolute Gasteiger partial charge is 0.469 e. The fraction of sp³-hybridized carbons (Fsp3) is 0.462. The van der Waals surface area contributed by atoms with Crippen molar-refractivity contribution in [1.82, 2.24) is 0 Å². The van der Waals surface area contributed by atoms with Gasteiger partial charge in [-0.3, -0.25) is 19.1 Å². The highest BCUT2D eigenvalue weighted by Gasteiger charge is 2.16. The molecule has 0 radical (unpaired) electrons. The minimum atomic E-state index is -1.14. The number of hydrogen-bond acceptors (Lipinski definition) is 5. The molecule has 20 heavy (non-hydrogen) atoms. The number of nitro groups is 1. The molecule has 1 aromatic rings. The maximum absolute atomic E-state index is 11.9. The van der Waals surface area contributed by atoms with Gasteiger partial charge in [0.2, 0.25) is 0 Å². The summed E-state index contributed by atoms with van der Waals surface area (Å²) in [6.07, 6.45) is 0.680. The van der Waals surface area contributed by atoms with Gasteiger partial charge in [-0.25, -0.2) is 0 Å². The topological polar surface area (TPSA) is 86.5 Å². The summed E-state index contributed by atoms with van der Waals surface area (Å²) in [5.41, 5.74) is 0.920. The molecule has 0 heterocycles. The maximum atomic E-state index is 11.9. The zero-order chi connectivity index (χ0) is 15.1. The highest BCUT2D eigenvalue weighted by Crippen LogP contribution is 2.13. The molecule has 1 aromatic carbocycles. The molecule has 1 rings (SSSR count). The third kappa shape index (κ3) is 5.08. The quantitative estimate of drug-likeness (QED) is 0.435. The Hall–Kier alpha value is -1.76. The summed E-state index contributed by atoms with van der Waals surface area (Å²) in [6.45, 7) is 1.74. The Bertz CT molecular complexity index is 500. The van der Waals surface area contributed by atoms with Crippen LogP contribution in [-0.4, -0.2) is 33.2 Å². The normalized spacial score (nSPS) is 13.5. The average molecular weight is 299 g/mol. The van der Waals surface area contributed by atoms with Gasteiger partial charge in [-0.2, -0.15) is 0 Å². The molecule has 0 bridgehead atoms. The molecule has 7 heteroatoms. The smallest absolute Gasteiger partial charge is 0.306 e. The van der Waals surface area contributed by atoms with E-state index in [1.54, 1.807) is 19.1 Å². The van der Waals surface area contributed by atoms with Gasteiger partial charge in [0.15, 0.2) is 0 Å². The first-order valence-electron chi connectivity index (χ1n) is 6.11. The van der Waals surface area contributed by atoms with Gasteiger partial charge in [-0.05, 0) is 12.0 Å². The lowest BCUT2D eigenvalue weighted by Crippen LogP contribution is -2.20. The number of rotatable bonds is 7. The third-order valence-electron chi connectivity index (χ3n) is 2.87. The first kappa shape index (κ1) is 16.3. The van der Waals surface area contributed by atoms with Crippen molar-refractivity contribution < 1.29 is 18.7 Å². The Kier molecular flexibility index (Phi) is 6.30. The number of nitro benzene ring substituents is 1. The molecule has 2 unspecified atom stereocenters. The molecule has 0 amide bonds. The van der Waals surface area contributed by atoms with Gasteiger partial charge in [-0.15, -0.1) is 0 Å². The van der Waals surface area contributed by atoms with Crippen molar-refractivity contribution in [2.24, 2.45) is 0 Å². The molecule has 110 valence electrons. The molecule has 0 spiro atoms. The average Bonchev–Trinajstić information content (AvgIpc) is 2.44. The Labute approximate surface area is 119 Å². The Morgan fingerprint density at radius 2 is 2.00 bits per heavy atom. The standard InChI is InChI=1S/C13H17NO5S/c1-10(9-13(15)19-2)20(18)8-7-11-3-5-12(6-4-11)14(16)17/h3-6,10H,7-9H2,1-2H3.